The van der Waals surface area contributed by atoms with E-state index in [0.29, 0.717) is 6.61 Å². The van der Waals surface area contributed by atoms with Crippen LogP contribution in [0.4, 0.5) is 5.69 Å². The van der Waals surface area contributed by atoms with Gasteiger partial charge in [-0.3, -0.25) is 4.98 Å². The fourth-order valence-corrected chi connectivity index (χ4v) is 2.26. The van der Waals surface area contributed by atoms with E-state index in [2.05, 4.69) is 18.8 Å². The Morgan fingerprint density at radius 2 is 2.12 bits per heavy atom. The van der Waals surface area contributed by atoms with Crippen LogP contribution >= 0.6 is 0 Å². The van der Waals surface area contributed by atoms with E-state index in [1.807, 2.05) is 6.07 Å². The lowest BCUT2D eigenvalue weighted by atomic mass is 10.0. The molecule has 1 aliphatic rings. The molecule has 94 valence electrons. The van der Waals surface area contributed by atoms with E-state index in [-0.39, 0.29) is 18.3 Å². The lowest BCUT2D eigenvalue weighted by Gasteiger charge is -2.31. The molecule has 2 N–H and O–H groups in total. The molecule has 0 radical (unpaired) electrons. The largest absolute Gasteiger partial charge is 0.399 e. The van der Waals surface area contributed by atoms with Gasteiger partial charge < -0.3 is 15.2 Å². The van der Waals surface area contributed by atoms with Crippen molar-refractivity contribution in [3.8, 4) is 0 Å². The molecule has 0 saturated carbocycles. The van der Waals surface area contributed by atoms with Crippen molar-refractivity contribution in [3.05, 3.63) is 24.0 Å². The number of ether oxygens (including phenoxy) is 2. The third-order valence-electron chi connectivity index (χ3n) is 2.96. The third-order valence-corrected chi connectivity index (χ3v) is 2.96. The van der Waals surface area contributed by atoms with Gasteiger partial charge in [-0.05, 0) is 38.8 Å². The van der Waals surface area contributed by atoms with Gasteiger partial charge in [0.2, 0.25) is 0 Å². The number of aromatic nitrogens is 1. The zero-order valence-corrected chi connectivity index (χ0v) is 10.4. The number of pyridine rings is 1. The summed E-state index contributed by atoms with van der Waals surface area (Å²) in [7, 11) is 0. The summed E-state index contributed by atoms with van der Waals surface area (Å²) >= 11 is 0. The quantitative estimate of drug-likeness (QED) is 0.873. The van der Waals surface area contributed by atoms with Crippen LogP contribution in [-0.4, -0.2) is 23.3 Å². The first-order chi connectivity index (χ1) is 8.13. The highest BCUT2D eigenvalue weighted by Gasteiger charge is 2.24. The van der Waals surface area contributed by atoms with Crippen LogP contribution in [0, 0.1) is 0 Å². The number of nitrogens with two attached hydrogens (primary N) is 1. The first-order valence-corrected chi connectivity index (χ1v) is 6.11. The maximum atomic E-state index is 5.87. The highest BCUT2D eigenvalue weighted by atomic mass is 16.5. The lowest BCUT2D eigenvalue weighted by Crippen LogP contribution is -2.34. The Bertz CT molecular complexity index is 360. The monoisotopic (exact) mass is 236 g/mol. The molecule has 1 aliphatic heterocycles. The molecule has 1 saturated heterocycles. The second-order valence-corrected chi connectivity index (χ2v) is 4.74. The van der Waals surface area contributed by atoms with Gasteiger partial charge in [-0.15, -0.1) is 0 Å². The number of hydrogen-bond donors (Lipinski definition) is 1. The molecule has 17 heavy (non-hydrogen) atoms. The van der Waals surface area contributed by atoms with E-state index in [0.717, 1.165) is 24.2 Å². The summed E-state index contributed by atoms with van der Waals surface area (Å²) in [6.45, 7) is 4.70. The second-order valence-electron chi connectivity index (χ2n) is 4.74. The molecule has 4 heteroatoms. The van der Waals surface area contributed by atoms with Crippen molar-refractivity contribution in [1.29, 1.82) is 0 Å². The van der Waals surface area contributed by atoms with Gasteiger partial charge in [-0.25, -0.2) is 0 Å². The third kappa shape index (κ3) is 3.68. The molecule has 0 aromatic carbocycles. The van der Waals surface area contributed by atoms with E-state index >= 15 is 0 Å². The van der Waals surface area contributed by atoms with Crippen molar-refractivity contribution in [2.75, 3.05) is 5.73 Å². The zero-order valence-electron chi connectivity index (χ0n) is 10.4. The van der Waals surface area contributed by atoms with E-state index in [4.69, 9.17) is 15.2 Å². The average Bonchev–Trinajstić information content (AvgIpc) is 2.25. The number of nitrogen functional groups attached to an aromatic ring is 1. The summed E-state index contributed by atoms with van der Waals surface area (Å²) in [6, 6.07) is 3.63. The Balaban J connectivity index is 1.85. The lowest BCUT2D eigenvalue weighted by molar-refractivity contribution is -0.106. The second kappa shape index (κ2) is 5.47. The minimum atomic E-state index is 0.261. The van der Waals surface area contributed by atoms with Crippen LogP contribution in [0.25, 0.3) is 0 Å². The molecular formula is C13H20N2O2. The SMILES string of the molecule is CC1CC(OCc2cc(N)ccn2)CC(C)O1. The molecular weight excluding hydrogens is 216 g/mol. The molecule has 1 aromatic rings. The molecule has 2 heterocycles. The van der Waals surface area contributed by atoms with E-state index in [1.165, 1.54) is 0 Å². The molecule has 1 fully saturated rings. The Kier molecular flexibility index (Phi) is 3.97. The summed E-state index contributed by atoms with van der Waals surface area (Å²) in [5.41, 5.74) is 7.31. The Labute approximate surface area is 102 Å². The van der Waals surface area contributed by atoms with Crippen molar-refractivity contribution >= 4 is 5.69 Å². The van der Waals surface area contributed by atoms with Gasteiger partial charge in [0.1, 0.15) is 0 Å². The van der Waals surface area contributed by atoms with E-state index < -0.39 is 0 Å². The number of nitrogens with zero attached hydrogens (tertiary/aromatic N) is 1. The zero-order chi connectivity index (χ0) is 12.3. The molecule has 4 nitrogen and oxygen atoms in total. The van der Waals surface area contributed by atoms with Crippen LogP contribution < -0.4 is 5.73 Å². The first kappa shape index (κ1) is 12.3. The molecule has 2 unspecified atom stereocenters. The summed E-state index contributed by atoms with van der Waals surface area (Å²) < 4.78 is 11.5. The highest BCUT2D eigenvalue weighted by Crippen LogP contribution is 2.22. The van der Waals surface area contributed by atoms with Crippen LogP contribution in [0.1, 0.15) is 32.4 Å². The summed E-state index contributed by atoms with van der Waals surface area (Å²) in [5.74, 6) is 0. The molecule has 0 bridgehead atoms. The van der Waals surface area contributed by atoms with Crippen molar-refractivity contribution < 1.29 is 9.47 Å². The average molecular weight is 236 g/mol. The summed E-state index contributed by atoms with van der Waals surface area (Å²) in [5, 5.41) is 0. The topological polar surface area (TPSA) is 57.4 Å². The first-order valence-electron chi connectivity index (χ1n) is 6.11. The van der Waals surface area contributed by atoms with Crippen LogP contribution in [-0.2, 0) is 16.1 Å². The minimum absolute atomic E-state index is 0.261. The van der Waals surface area contributed by atoms with Gasteiger partial charge in [-0.1, -0.05) is 0 Å². The molecule has 1 aromatic heterocycles. The fourth-order valence-electron chi connectivity index (χ4n) is 2.26. The summed E-state index contributed by atoms with van der Waals surface area (Å²) in [4.78, 5) is 4.23. The normalized spacial score (nSPS) is 29.2. The predicted molar refractivity (Wildman–Crippen MR) is 66.5 cm³/mol. The van der Waals surface area contributed by atoms with Crippen LogP contribution in [0.15, 0.2) is 18.3 Å². The minimum Gasteiger partial charge on any atom is -0.399 e. The van der Waals surface area contributed by atoms with Gasteiger partial charge in [-0.2, -0.15) is 0 Å². The molecule has 0 spiro atoms. The standard InChI is InChI=1S/C13H20N2O2/c1-9-5-13(6-10(2)17-9)16-8-12-7-11(14)3-4-15-12/h3-4,7,9-10,13H,5-6,8H2,1-2H3,(H2,14,15). The molecule has 0 amide bonds. The van der Waals surface area contributed by atoms with Crippen molar-refractivity contribution in [1.82, 2.24) is 4.98 Å². The van der Waals surface area contributed by atoms with Crippen LogP contribution in [0.2, 0.25) is 0 Å². The Morgan fingerprint density at radius 1 is 1.41 bits per heavy atom. The maximum Gasteiger partial charge on any atom is 0.0892 e. The van der Waals surface area contributed by atoms with Crippen LogP contribution in [0.5, 0.6) is 0 Å². The van der Waals surface area contributed by atoms with E-state index in [1.54, 1.807) is 12.3 Å². The van der Waals surface area contributed by atoms with Crippen molar-refractivity contribution in [3.63, 3.8) is 0 Å². The van der Waals surface area contributed by atoms with Gasteiger partial charge in [0.15, 0.2) is 0 Å². The predicted octanol–water partition coefficient (Wildman–Crippen LogP) is 2.14. The van der Waals surface area contributed by atoms with Crippen LogP contribution in [0.3, 0.4) is 0 Å². The van der Waals surface area contributed by atoms with E-state index in [9.17, 15) is 0 Å². The molecule has 2 rings (SSSR count). The summed E-state index contributed by atoms with van der Waals surface area (Å²) in [6.07, 6.45) is 4.43. The van der Waals surface area contributed by atoms with Gasteiger partial charge in [0.25, 0.3) is 0 Å². The number of rotatable bonds is 3. The Hall–Kier alpha value is -1.13. The number of hydrogen-bond acceptors (Lipinski definition) is 4. The van der Waals surface area contributed by atoms with Crippen molar-refractivity contribution in [2.45, 2.75) is 51.6 Å². The molecule has 0 aliphatic carbocycles. The maximum absolute atomic E-state index is 5.87. The highest BCUT2D eigenvalue weighted by molar-refractivity contribution is 5.36. The van der Waals surface area contributed by atoms with Gasteiger partial charge in [0, 0.05) is 11.9 Å². The smallest absolute Gasteiger partial charge is 0.0892 e. The Morgan fingerprint density at radius 3 is 2.76 bits per heavy atom. The van der Waals surface area contributed by atoms with Gasteiger partial charge in [0.05, 0.1) is 30.6 Å². The van der Waals surface area contributed by atoms with Crippen molar-refractivity contribution in [2.24, 2.45) is 0 Å². The number of anilines is 1. The van der Waals surface area contributed by atoms with Gasteiger partial charge >= 0.3 is 0 Å². The fraction of sp³-hybridized carbons (Fsp3) is 0.615. The molecule has 2 atom stereocenters.